The third-order valence-corrected chi connectivity index (χ3v) is 5.20. The summed E-state index contributed by atoms with van der Waals surface area (Å²) < 4.78 is 22.8. The fourth-order valence-corrected chi connectivity index (χ4v) is 4.17. The van der Waals surface area contributed by atoms with E-state index in [-0.39, 0.29) is 24.4 Å². The molecule has 1 rings (SSSR count). The second-order valence-corrected chi connectivity index (χ2v) is 7.76. The van der Waals surface area contributed by atoms with Crippen LogP contribution in [-0.4, -0.2) is 68.3 Å². The zero-order chi connectivity index (χ0) is 13.8. The van der Waals surface area contributed by atoms with Gasteiger partial charge < -0.3 is 15.3 Å². The Labute approximate surface area is 110 Å². The van der Waals surface area contributed by atoms with E-state index in [1.165, 1.54) is 0 Å². The van der Waals surface area contributed by atoms with E-state index in [0.717, 1.165) is 19.4 Å². The first kappa shape index (κ1) is 15.9. The van der Waals surface area contributed by atoms with Gasteiger partial charge >= 0.3 is 0 Å². The van der Waals surface area contributed by atoms with E-state index < -0.39 is 9.84 Å². The van der Waals surface area contributed by atoms with Crippen molar-refractivity contribution >= 4 is 9.84 Å². The Morgan fingerprint density at radius 3 is 2.56 bits per heavy atom. The minimum absolute atomic E-state index is 0.0884. The van der Waals surface area contributed by atoms with Gasteiger partial charge in [-0.2, -0.15) is 0 Å². The number of rotatable bonds is 7. The van der Waals surface area contributed by atoms with Crippen molar-refractivity contribution in [3.63, 3.8) is 0 Å². The van der Waals surface area contributed by atoms with Crippen LogP contribution in [0.25, 0.3) is 0 Å². The summed E-state index contributed by atoms with van der Waals surface area (Å²) in [5.41, 5.74) is 0. The second-order valence-electron chi connectivity index (χ2n) is 5.53. The summed E-state index contributed by atoms with van der Waals surface area (Å²) in [6, 6.07) is 0.582. The normalized spacial score (nSPS) is 24.9. The number of nitrogens with one attached hydrogen (secondary N) is 1. The Hall–Kier alpha value is -0.170. The van der Waals surface area contributed by atoms with Crippen molar-refractivity contribution in [2.75, 3.05) is 31.7 Å². The number of hydrogen-bond donors (Lipinski definition) is 2. The summed E-state index contributed by atoms with van der Waals surface area (Å²) >= 11 is 0. The number of sulfone groups is 1. The molecule has 2 atom stereocenters. The van der Waals surface area contributed by atoms with Crippen LogP contribution in [0.15, 0.2) is 0 Å². The standard InChI is InChI=1S/C12H26N2O3S/c1-10(2)13-11(8-15)4-6-14(3)12-5-7-18(16,17)9-12/h10-13,15H,4-9H2,1-3H3. The summed E-state index contributed by atoms with van der Waals surface area (Å²) in [5, 5.41) is 12.6. The first-order chi connectivity index (χ1) is 8.34. The molecule has 1 heterocycles. The SMILES string of the molecule is CC(C)NC(CO)CCN(C)C1CCS(=O)(=O)C1. The highest BCUT2D eigenvalue weighted by Crippen LogP contribution is 2.16. The summed E-state index contributed by atoms with van der Waals surface area (Å²) in [7, 11) is -0.843. The molecule has 2 N–H and O–H groups in total. The van der Waals surface area contributed by atoms with Crippen LogP contribution in [0.5, 0.6) is 0 Å². The summed E-state index contributed by atoms with van der Waals surface area (Å²) in [6.45, 7) is 5.03. The molecule has 0 bridgehead atoms. The molecule has 0 saturated carbocycles. The predicted molar refractivity (Wildman–Crippen MR) is 73.5 cm³/mol. The first-order valence-corrected chi connectivity index (χ1v) is 8.43. The van der Waals surface area contributed by atoms with Gasteiger partial charge in [0.2, 0.25) is 0 Å². The topological polar surface area (TPSA) is 69.6 Å². The molecule has 0 aromatic heterocycles. The highest BCUT2D eigenvalue weighted by Gasteiger charge is 2.30. The zero-order valence-corrected chi connectivity index (χ0v) is 12.4. The molecule has 0 radical (unpaired) electrons. The summed E-state index contributed by atoms with van der Waals surface area (Å²) in [5.74, 6) is 0.598. The van der Waals surface area contributed by atoms with E-state index in [0.29, 0.717) is 11.8 Å². The van der Waals surface area contributed by atoms with Gasteiger partial charge in [-0.05, 0) is 26.4 Å². The molecule has 0 aliphatic carbocycles. The van der Waals surface area contributed by atoms with Crippen LogP contribution in [0.2, 0.25) is 0 Å². The minimum Gasteiger partial charge on any atom is -0.395 e. The molecule has 0 aromatic rings. The molecule has 1 aliphatic heterocycles. The van der Waals surface area contributed by atoms with E-state index >= 15 is 0 Å². The maximum atomic E-state index is 11.4. The van der Waals surface area contributed by atoms with Crippen molar-refractivity contribution in [2.45, 2.75) is 44.8 Å². The van der Waals surface area contributed by atoms with Crippen LogP contribution in [0.3, 0.4) is 0 Å². The van der Waals surface area contributed by atoms with Crippen LogP contribution in [0.4, 0.5) is 0 Å². The smallest absolute Gasteiger partial charge is 0.151 e. The van der Waals surface area contributed by atoms with Gasteiger partial charge in [0.15, 0.2) is 9.84 Å². The zero-order valence-electron chi connectivity index (χ0n) is 11.6. The second kappa shape index (κ2) is 6.84. The summed E-state index contributed by atoms with van der Waals surface area (Å²) in [6.07, 6.45) is 1.57. The van der Waals surface area contributed by atoms with Gasteiger partial charge in [-0.25, -0.2) is 8.42 Å². The molecular weight excluding hydrogens is 252 g/mol. The average Bonchev–Trinajstić information content (AvgIpc) is 2.64. The third-order valence-electron chi connectivity index (χ3n) is 3.45. The lowest BCUT2D eigenvalue weighted by Crippen LogP contribution is -2.41. The highest BCUT2D eigenvalue weighted by atomic mass is 32.2. The average molecular weight is 278 g/mol. The largest absolute Gasteiger partial charge is 0.395 e. The number of aliphatic hydroxyl groups excluding tert-OH is 1. The Morgan fingerprint density at radius 2 is 2.11 bits per heavy atom. The third kappa shape index (κ3) is 5.22. The van der Waals surface area contributed by atoms with Gasteiger partial charge in [-0.3, -0.25) is 0 Å². The molecule has 0 spiro atoms. The van der Waals surface area contributed by atoms with Crippen molar-refractivity contribution < 1.29 is 13.5 Å². The van der Waals surface area contributed by atoms with Crippen molar-refractivity contribution in [1.29, 1.82) is 0 Å². The molecule has 108 valence electrons. The molecule has 0 amide bonds. The maximum absolute atomic E-state index is 11.4. The van der Waals surface area contributed by atoms with Crippen LogP contribution >= 0.6 is 0 Å². The van der Waals surface area contributed by atoms with Gasteiger partial charge in [0.25, 0.3) is 0 Å². The molecule has 0 aromatic carbocycles. The highest BCUT2D eigenvalue weighted by molar-refractivity contribution is 7.91. The quantitative estimate of drug-likeness (QED) is 0.678. The monoisotopic (exact) mass is 278 g/mol. The van der Waals surface area contributed by atoms with Crippen LogP contribution in [0.1, 0.15) is 26.7 Å². The molecule has 5 nitrogen and oxygen atoms in total. The van der Waals surface area contributed by atoms with Crippen molar-refractivity contribution in [1.82, 2.24) is 10.2 Å². The predicted octanol–water partition coefficient (Wildman–Crippen LogP) is -0.146. The number of nitrogens with zero attached hydrogens (tertiary/aromatic N) is 1. The lowest BCUT2D eigenvalue weighted by atomic mass is 10.1. The fraction of sp³-hybridized carbons (Fsp3) is 1.00. The van der Waals surface area contributed by atoms with Gasteiger partial charge in [-0.15, -0.1) is 0 Å². The van der Waals surface area contributed by atoms with E-state index in [1.54, 1.807) is 0 Å². The van der Waals surface area contributed by atoms with E-state index in [1.807, 2.05) is 7.05 Å². The lowest BCUT2D eigenvalue weighted by Gasteiger charge is -2.26. The Balaban J connectivity index is 2.34. The molecule has 1 aliphatic rings. The van der Waals surface area contributed by atoms with E-state index in [9.17, 15) is 13.5 Å². The summed E-state index contributed by atoms with van der Waals surface area (Å²) in [4.78, 5) is 2.11. The van der Waals surface area contributed by atoms with E-state index in [2.05, 4.69) is 24.1 Å². The fourth-order valence-electron chi connectivity index (χ4n) is 2.36. The molecule has 1 saturated heterocycles. The Kier molecular flexibility index (Phi) is 6.04. The molecule has 6 heteroatoms. The van der Waals surface area contributed by atoms with Crippen molar-refractivity contribution in [3.05, 3.63) is 0 Å². The number of hydrogen-bond acceptors (Lipinski definition) is 5. The van der Waals surface area contributed by atoms with Crippen LogP contribution in [0, 0.1) is 0 Å². The molecule has 18 heavy (non-hydrogen) atoms. The van der Waals surface area contributed by atoms with Gasteiger partial charge in [0.05, 0.1) is 18.1 Å². The maximum Gasteiger partial charge on any atom is 0.151 e. The number of aliphatic hydroxyl groups is 1. The molecule has 2 unspecified atom stereocenters. The minimum atomic E-state index is -2.81. The van der Waals surface area contributed by atoms with Crippen molar-refractivity contribution in [2.24, 2.45) is 0 Å². The van der Waals surface area contributed by atoms with Gasteiger partial charge in [-0.1, -0.05) is 13.8 Å². The van der Waals surface area contributed by atoms with Gasteiger partial charge in [0, 0.05) is 18.1 Å². The Bertz CT molecular complexity index is 343. The Morgan fingerprint density at radius 1 is 1.44 bits per heavy atom. The van der Waals surface area contributed by atoms with Gasteiger partial charge in [0.1, 0.15) is 0 Å². The molecule has 1 fully saturated rings. The lowest BCUT2D eigenvalue weighted by molar-refractivity contribution is 0.196. The molecular formula is C12H26N2O3S. The van der Waals surface area contributed by atoms with E-state index in [4.69, 9.17) is 0 Å². The van der Waals surface area contributed by atoms with Crippen LogP contribution < -0.4 is 5.32 Å². The first-order valence-electron chi connectivity index (χ1n) is 6.61. The van der Waals surface area contributed by atoms with Crippen molar-refractivity contribution in [3.8, 4) is 0 Å². The van der Waals surface area contributed by atoms with Crippen LogP contribution in [-0.2, 0) is 9.84 Å².